The van der Waals surface area contributed by atoms with Crippen molar-refractivity contribution in [3.8, 4) is 0 Å². The van der Waals surface area contributed by atoms with E-state index in [1.54, 1.807) is 0 Å². The number of rotatable bonds is 7. The first kappa shape index (κ1) is 16.2. The largest absolute Gasteiger partial charge is 0.390 e. The number of hydrogen-bond donors (Lipinski definition) is 2. The fraction of sp³-hybridized carbons (Fsp3) is 0.647. The van der Waals surface area contributed by atoms with Crippen molar-refractivity contribution in [1.29, 1.82) is 0 Å². The summed E-state index contributed by atoms with van der Waals surface area (Å²) in [4.78, 5) is 0. The summed E-state index contributed by atoms with van der Waals surface area (Å²) in [5, 5.41) is 20.3. The summed E-state index contributed by atoms with van der Waals surface area (Å²) in [6.07, 6.45) is 1.03. The Kier molecular flexibility index (Phi) is 6.53. The maximum Gasteiger partial charge on any atom is 0.0842 e. The van der Waals surface area contributed by atoms with Crippen molar-refractivity contribution in [3.05, 3.63) is 35.4 Å². The van der Waals surface area contributed by atoms with E-state index >= 15 is 0 Å². The molecule has 0 spiro atoms. The van der Waals surface area contributed by atoms with Gasteiger partial charge in [0.1, 0.15) is 0 Å². The molecule has 2 atom stereocenters. The van der Waals surface area contributed by atoms with E-state index in [1.807, 2.05) is 0 Å². The Hall–Kier alpha value is -0.860. The lowest BCUT2D eigenvalue weighted by Gasteiger charge is -2.25. The van der Waals surface area contributed by atoms with Crippen molar-refractivity contribution in [3.63, 3.8) is 0 Å². The Morgan fingerprint density at radius 3 is 1.89 bits per heavy atom. The van der Waals surface area contributed by atoms with Gasteiger partial charge in [-0.2, -0.15) is 0 Å². The average molecular weight is 264 g/mol. The molecule has 0 heterocycles. The molecule has 1 aromatic rings. The zero-order valence-electron chi connectivity index (χ0n) is 12.6. The van der Waals surface area contributed by atoms with Crippen LogP contribution in [0.2, 0.25) is 0 Å². The standard InChI is InChI=1S/C17H28O2/c1-5-14(6-2)17(19)16(18)11-13-7-9-15(10-8-13)12(3)4/h7-10,12,14,16-19H,5-6,11H2,1-4H3. The molecule has 1 aromatic carbocycles. The third-order valence-corrected chi connectivity index (χ3v) is 4.02. The number of aliphatic hydroxyl groups excluding tert-OH is 2. The minimum absolute atomic E-state index is 0.185. The minimum atomic E-state index is -0.671. The van der Waals surface area contributed by atoms with E-state index in [1.165, 1.54) is 5.56 Å². The van der Waals surface area contributed by atoms with E-state index in [9.17, 15) is 10.2 Å². The molecule has 0 aromatic heterocycles. The third kappa shape index (κ3) is 4.63. The summed E-state index contributed by atoms with van der Waals surface area (Å²) < 4.78 is 0. The molecule has 19 heavy (non-hydrogen) atoms. The van der Waals surface area contributed by atoms with Crippen molar-refractivity contribution in [1.82, 2.24) is 0 Å². The van der Waals surface area contributed by atoms with Crippen molar-refractivity contribution in [2.45, 2.75) is 65.1 Å². The maximum atomic E-state index is 10.1. The summed E-state index contributed by atoms with van der Waals surface area (Å²) in [6.45, 7) is 8.45. The lowest BCUT2D eigenvalue weighted by molar-refractivity contribution is -0.0187. The van der Waals surface area contributed by atoms with Crippen LogP contribution in [0, 0.1) is 5.92 Å². The first-order valence-corrected chi connectivity index (χ1v) is 7.44. The zero-order chi connectivity index (χ0) is 14.4. The van der Waals surface area contributed by atoms with Gasteiger partial charge in [0.15, 0.2) is 0 Å². The van der Waals surface area contributed by atoms with E-state index in [0.717, 1.165) is 18.4 Å². The highest BCUT2D eigenvalue weighted by molar-refractivity contribution is 5.25. The van der Waals surface area contributed by atoms with Crippen LogP contribution in [0.3, 0.4) is 0 Å². The van der Waals surface area contributed by atoms with Crippen LogP contribution in [-0.2, 0) is 6.42 Å². The molecule has 0 fully saturated rings. The summed E-state index contributed by atoms with van der Waals surface area (Å²) in [6, 6.07) is 8.32. The van der Waals surface area contributed by atoms with Gasteiger partial charge in [-0.1, -0.05) is 64.8 Å². The van der Waals surface area contributed by atoms with Crippen molar-refractivity contribution < 1.29 is 10.2 Å². The summed E-state index contributed by atoms with van der Waals surface area (Å²) in [5.41, 5.74) is 2.39. The van der Waals surface area contributed by atoms with Crippen LogP contribution in [-0.4, -0.2) is 22.4 Å². The summed E-state index contributed by atoms with van der Waals surface area (Å²) in [7, 11) is 0. The van der Waals surface area contributed by atoms with Crippen LogP contribution < -0.4 is 0 Å². The Morgan fingerprint density at radius 2 is 1.47 bits per heavy atom. The van der Waals surface area contributed by atoms with Crippen molar-refractivity contribution in [2.24, 2.45) is 5.92 Å². The number of hydrogen-bond acceptors (Lipinski definition) is 2. The predicted molar refractivity (Wildman–Crippen MR) is 80.3 cm³/mol. The summed E-state index contributed by atoms with van der Waals surface area (Å²) >= 11 is 0. The Morgan fingerprint density at radius 1 is 0.947 bits per heavy atom. The molecule has 2 N–H and O–H groups in total. The molecular formula is C17H28O2. The van der Waals surface area contributed by atoms with Crippen LogP contribution in [0.15, 0.2) is 24.3 Å². The summed E-state index contributed by atoms with van der Waals surface area (Å²) in [5.74, 6) is 0.707. The fourth-order valence-corrected chi connectivity index (χ4v) is 2.49. The average Bonchev–Trinajstić information content (AvgIpc) is 2.40. The first-order valence-electron chi connectivity index (χ1n) is 7.44. The normalized spacial score (nSPS) is 14.9. The lowest BCUT2D eigenvalue weighted by Crippen LogP contribution is -2.34. The lowest BCUT2D eigenvalue weighted by atomic mass is 9.89. The molecule has 108 valence electrons. The van der Waals surface area contributed by atoms with Crippen LogP contribution in [0.5, 0.6) is 0 Å². The van der Waals surface area contributed by atoms with E-state index in [4.69, 9.17) is 0 Å². The van der Waals surface area contributed by atoms with Gasteiger partial charge in [-0.25, -0.2) is 0 Å². The fourth-order valence-electron chi connectivity index (χ4n) is 2.49. The molecule has 0 saturated carbocycles. The van der Waals surface area contributed by atoms with Gasteiger partial charge in [0.2, 0.25) is 0 Å². The van der Waals surface area contributed by atoms with Gasteiger partial charge >= 0.3 is 0 Å². The second kappa shape index (κ2) is 7.66. The molecule has 0 bridgehead atoms. The monoisotopic (exact) mass is 264 g/mol. The molecule has 0 amide bonds. The highest BCUT2D eigenvalue weighted by Crippen LogP contribution is 2.20. The van der Waals surface area contributed by atoms with Gasteiger partial charge < -0.3 is 10.2 Å². The zero-order valence-corrected chi connectivity index (χ0v) is 12.6. The van der Waals surface area contributed by atoms with Crippen LogP contribution in [0.4, 0.5) is 0 Å². The topological polar surface area (TPSA) is 40.5 Å². The molecule has 0 saturated heterocycles. The Balaban J connectivity index is 2.63. The van der Waals surface area contributed by atoms with Crippen molar-refractivity contribution >= 4 is 0 Å². The molecule has 2 heteroatoms. The van der Waals surface area contributed by atoms with Crippen LogP contribution in [0.25, 0.3) is 0 Å². The molecule has 2 unspecified atom stereocenters. The number of benzene rings is 1. The van der Waals surface area contributed by atoms with Gasteiger partial charge in [0.25, 0.3) is 0 Å². The second-order valence-corrected chi connectivity index (χ2v) is 5.73. The van der Waals surface area contributed by atoms with E-state index < -0.39 is 12.2 Å². The molecule has 0 aliphatic rings. The molecule has 2 nitrogen and oxygen atoms in total. The number of aliphatic hydroxyl groups is 2. The molecule has 0 radical (unpaired) electrons. The smallest absolute Gasteiger partial charge is 0.0842 e. The first-order chi connectivity index (χ1) is 8.99. The highest BCUT2D eigenvalue weighted by atomic mass is 16.3. The van der Waals surface area contributed by atoms with Crippen molar-refractivity contribution in [2.75, 3.05) is 0 Å². The molecule has 0 aliphatic heterocycles. The van der Waals surface area contributed by atoms with Gasteiger partial charge in [-0.15, -0.1) is 0 Å². The SMILES string of the molecule is CCC(CC)C(O)C(O)Cc1ccc(C(C)C)cc1. The minimum Gasteiger partial charge on any atom is -0.390 e. The Bertz CT molecular complexity index is 352. The van der Waals surface area contributed by atoms with Gasteiger partial charge in [0, 0.05) is 6.42 Å². The molecule has 0 aliphatic carbocycles. The van der Waals surface area contributed by atoms with Gasteiger partial charge in [-0.3, -0.25) is 0 Å². The third-order valence-electron chi connectivity index (χ3n) is 4.02. The molecule has 1 rings (SSSR count). The second-order valence-electron chi connectivity index (χ2n) is 5.73. The Labute approximate surface area is 117 Å². The van der Waals surface area contributed by atoms with Gasteiger partial charge in [-0.05, 0) is 23.0 Å². The van der Waals surface area contributed by atoms with Crippen LogP contribution in [0.1, 0.15) is 57.6 Å². The van der Waals surface area contributed by atoms with E-state index in [-0.39, 0.29) is 5.92 Å². The van der Waals surface area contributed by atoms with E-state index in [2.05, 4.69) is 52.0 Å². The van der Waals surface area contributed by atoms with Gasteiger partial charge in [0.05, 0.1) is 12.2 Å². The molecular weight excluding hydrogens is 236 g/mol. The quantitative estimate of drug-likeness (QED) is 0.791. The highest BCUT2D eigenvalue weighted by Gasteiger charge is 2.23. The van der Waals surface area contributed by atoms with Crippen LogP contribution >= 0.6 is 0 Å². The predicted octanol–water partition coefficient (Wildman–Crippen LogP) is 3.51. The maximum absolute atomic E-state index is 10.1. The van der Waals surface area contributed by atoms with E-state index in [0.29, 0.717) is 12.3 Å².